The van der Waals surface area contributed by atoms with Gasteiger partial charge in [-0.2, -0.15) is 10.2 Å². The molecule has 0 bridgehead atoms. The van der Waals surface area contributed by atoms with E-state index < -0.39 is 35.6 Å². The van der Waals surface area contributed by atoms with Gasteiger partial charge in [0, 0.05) is 50.4 Å². The van der Waals surface area contributed by atoms with Crippen LogP contribution in [0, 0.1) is 5.92 Å². The number of sulfone groups is 2. The molecule has 2 atom stereocenters. The molecular formula is C24H36Cl2F2N6O4S2. The topological polar surface area (TPSA) is 129 Å². The van der Waals surface area contributed by atoms with E-state index in [1.165, 1.54) is 53.3 Å². The summed E-state index contributed by atoms with van der Waals surface area (Å²) < 4.78 is 81.8. The number of hydrogen-bond acceptors (Lipinski definition) is 8. The molecule has 0 aromatic carbocycles. The number of aryl methyl sites for hydroxylation is 2. The molecule has 1 aliphatic heterocycles. The van der Waals surface area contributed by atoms with E-state index in [-0.39, 0.29) is 40.5 Å². The van der Waals surface area contributed by atoms with Gasteiger partial charge < -0.3 is 5.32 Å². The number of alkyl halides is 2. The number of pyridine rings is 1. The van der Waals surface area contributed by atoms with E-state index in [0.29, 0.717) is 25.9 Å². The van der Waals surface area contributed by atoms with Crippen molar-refractivity contribution in [2.75, 3.05) is 13.1 Å². The zero-order chi connectivity index (χ0) is 28.5. The Morgan fingerprint density at radius 3 is 1.70 bits per heavy atom. The van der Waals surface area contributed by atoms with Crippen LogP contribution in [0.5, 0.6) is 0 Å². The normalized spacial score (nSPS) is 17.3. The molecule has 0 aliphatic carbocycles. The minimum atomic E-state index is -4.31. The maximum Gasteiger partial charge on any atom is 0.237 e. The first-order valence-corrected chi connectivity index (χ1v) is 15.1. The molecule has 16 heteroatoms. The minimum Gasteiger partial charge on any atom is -0.317 e. The lowest BCUT2D eigenvalue weighted by atomic mass is 9.93. The zero-order valence-electron chi connectivity index (χ0n) is 21.1. The number of nitrogens with zero attached hydrogens (tertiary/aromatic N) is 5. The fourth-order valence-electron chi connectivity index (χ4n) is 4.02. The molecule has 2 unspecified atom stereocenters. The van der Waals surface area contributed by atoms with Crippen molar-refractivity contribution in [1.82, 2.24) is 29.9 Å². The van der Waals surface area contributed by atoms with Crippen LogP contribution in [0.4, 0.5) is 8.78 Å². The molecule has 10 nitrogen and oxygen atoms in total. The Morgan fingerprint density at radius 2 is 1.30 bits per heavy atom. The Labute approximate surface area is 244 Å². The SMILES string of the molecule is C.C.Cn1cc(S(=O)(=O)C(C)(F)C2CCNCC2)c(Cl)n1.Cn1cc(S(=O)(=O)C(C)(F)c2ccncc2)c(Cl)n1. The van der Waals surface area contributed by atoms with Gasteiger partial charge in [0.1, 0.15) is 9.79 Å². The molecule has 226 valence electrons. The number of hydrogen-bond donors (Lipinski definition) is 1. The quantitative estimate of drug-likeness (QED) is 0.402. The van der Waals surface area contributed by atoms with Gasteiger partial charge in [-0.15, -0.1) is 0 Å². The smallest absolute Gasteiger partial charge is 0.237 e. The molecule has 1 N–H and O–H groups in total. The van der Waals surface area contributed by atoms with Gasteiger partial charge in [0.15, 0.2) is 10.3 Å². The fraction of sp³-hybridized carbons (Fsp3) is 0.542. The van der Waals surface area contributed by atoms with Crippen molar-refractivity contribution in [2.45, 2.75) is 61.3 Å². The molecule has 4 rings (SSSR count). The van der Waals surface area contributed by atoms with Crippen LogP contribution < -0.4 is 5.32 Å². The molecule has 0 amide bonds. The van der Waals surface area contributed by atoms with Crippen LogP contribution >= 0.6 is 23.2 Å². The van der Waals surface area contributed by atoms with E-state index in [4.69, 9.17) is 23.2 Å². The standard InChI is InChI=1S/C11H17ClFN3O2S.C11H11ClFN3O2S.2CH4/c2*1-11(13,8-3-5-14-6-4-8)19(17,18)9-7-16(2)15-10(9)12;;/h7-8,14H,3-6H2,1-2H3;3-7H,1-2H3;2*1H4. The van der Waals surface area contributed by atoms with E-state index in [1.54, 1.807) is 7.05 Å². The minimum absolute atomic E-state index is 0. The highest BCUT2D eigenvalue weighted by atomic mass is 35.5. The molecular weight excluding hydrogens is 609 g/mol. The Hall–Kier alpha value is -2.13. The third-order valence-corrected chi connectivity index (χ3v) is 11.5. The lowest BCUT2D eigenvalue weighted by molar-refractivity contribution is 0.159. The van der Waals surface area contributed by atoms with Crippen LogP contribution in [-0.2, 0) is 38.8 Å². The fourth-order valence-corrected chi connectivity index (χ4v) is 8.04. The second kappa shape index (κ2) is 13.2. The predicted octanol–water partition coefficient (Wildman–Crippen LogP) is 4.89. The molecule has 1 aliphatic rings. The summed E-state index contributed by atoms with van der Waals surface area (Å²) >= 11 is 11.5. The van der Waals surface area contributed by atoms with Crippen LogP contribution in [0.15, 0.2) is 46.7 Å². The maximum absolute atomic E-state index is 14.9. The Morgan fingerprint density at radius 1 is 0.875 bits per heavy atom. The first-order chi connectivity index (χ1) is 17.5. The van der Waals surface area contributed by atoms with Gasteiger partial charge in [-0.05, 0) is 51.9 Å². The summed E-state index contributed by atoms with van der Waals surface area (Å²) in [4.78, 5) is 3.16. The highest BCUT2D eigenvalue weighted by molar-refractivity contribution is 7.93. The number of piperidine rings is 1. The summed E-state index contributed by atoms with van der Waals surface area (Å²) in [6.07, 6.45) is 6.06. The van der Waals surface area contributed by atoms with Gasteiger partial charge in [0.25, 0.3) is 0 Å². The summed E-state index contributed by atoms with van der Waals surface area (Å²) in [6, 6.07) is 2.61. The van der Waals surface area contributed by atoms with Crippen LogP contribution in [0.25, 0.3) is 0 Å². The van der Waals surface area contributed by atoms with Crippen LogP contribution in [0.2, 0.25) is 10.3 Å². The van der Waals surface area contributed by atoms with Gasteiger partial charge in [0.2, 0.25) is 29.7 Å². The van der Waals surface area contributed by atoms with E-state index in [9.17, 15) is 25.6 Å². The Bertz CT molecular complexity index is 1490. The van der Waals surface area contributed by atoms with Crippen LogP contribution in [0.1, 0.15) is 47.1 Å². The third kappa shape index (κ3) is 6.84. The Balaban J connectivity index is 0.000000381. The van der Waals surface area contributed by atoms with Gasteiger partial charge in [-0.3, -0.25) is 14.3 Å². The second-order valence-electron chi connectivity index (χ2n) is 9.09. The third-order valence-electron chi connectivity index (χ3n) is 6.38. The van der Waals surface area contributed by atoms with Crippen molar-refractivity contribution in [1.29, 1.82) is 0 Å². The lowest BCUT2D eigenvalue weighted by Gasteiger charge is -2.32. The number of aromatic nitrogens is 5. The summed E-state index contributed by atoms with van der Waals surface area (Å²) in [7, 11) is -5.42. The van der Waals surface area contributed by atoms with Crippen molar-refractivity contribution in [3.63, 3.8) is 0 Å². The first-order valence-electron chi connectivity index (χ1n) is 11.4. The maximum atomic E-state index is 14.9. The van der Waals surface area contributed by atoms with E-state index >= 15 is 0 Å². The average Bonchev–Trinajstić information content (AvgIpc) is 3.40. The second-order valence-corrected chi connectivity index (χ2v) is 14.3. The molecule has 1 fully saturated rings. The first kappa shape index (κ1) is 35.9. The summed E-state index contributed by atoms with van der Waals surface area (Å²) in [5.74, 6) is -0.532. The molecule has 3 aromatic heterocycles. The summed E-state index contributed by atoms with van der Waals surface area (Å²) in [5, 5.41) is 5.19. The van der Waals surface area contributed by atoms with Crippen LogP contribution in [-0.4, -0.2) is 59.5 Å². The van der Waals surface area contributed by atoms with Gasteiger partial charge >= 0.3 is 0 Å². The molecule has 4 heterocycles. The summed E-state index contributed by atoms with van der Waals surface area (Å²) in [5.41, 5.74) is -0.0116. The molecule has 0 saturated carbocycles. The van der Waals surface area contributed by atoms with Gasteiger partial charge in [0.05, 0.1) is 0 Å². The number of nitrogens with one attached hydrogen (secondary N) is 1. The van der Waals surface area contributed by atoms with Crippen molar-refractivity contribution in [2.24, 2.45) is 20.0 Å². The summed E-state index contributed by atoms with van der Waals surface area (Å²) in [6.45, 7) is 3.35. The average molecular weight is 646 g/mol. The lowest BCUT2D eigenvalue weighted by Crippen LogP contribution is -2.44. The monoisotopic (exact) mass is 644 g/mol. The van der Waals surface area contributed by atoms with E-state index in [2.05, 4.69) is 20.5 Å². The van der Waals surface area contributed by atoms with Crippen LogP contribution in [0.3, 0.4) is 0 Å². The number of halogens is 4. The molecule has 40 heavy (non-hydrogen) atoms. The van der Waals surface area contributed by atoms with Crippen molar-refractivity contribution in [3.8, 4) is 0 Å². The highest BCUT2D eigenvalue weighted by Gasteiger charge is 2.49. The largest absolute Gasteiger partial charge is 0.317 e. The molecule has 3 aromatic rings. The zero-order valence-corrected chi connectivity index (χ0v) is 24.2. The Kier molecular flexibility index (Phi) is 11.9. The number of rotatable bonds is 6. The van der Waals surface area contributed by atoms with E-state index in [1.807, 2.05) is 0 Å². The molecule has 0 radical (unpaired) electrons. The van der Waals surface area contributed by atoms with Crippen molar-refractivity contribution < 1.29 is 25.6 Å². The van der Waals surface area contributed by atoms with Crippen molar-refractivity contribution in [3.05, 3.63) is 52.8 Å². The van der Waals surface area contributed by atoms with Gasteiger partial charge in [-0.1, -0.05) is 38.1 Å². The van der Waals surface area contributed by atoms with Crippen molar-refractivity contribution >= 4 is 42.9 Å². The highest BCUT2D eigenvalue weighted by Crippen LogP contribution is 2.40. The molecule has 0 spiro atoms. The molecule has 1 saturated heterocycles. The predicted molar refractivity (Wildman–Crippen MR) is 152 cm³/mol. The van der Waals surface area contributed by atoms with Gasteiger partial charge in [-0.25, -0.2) is 25.6 Å². The van der Waals surface area contributed by atoms with E-state index in [0.717, 1.165) is 13.8 Å².